The van der Waals surface area contributed by atoms with Gasteiger partial charge >= 0.3 is 0 Å². The topological polar surface area (TPSA) is 36.7 Å². The second kappa shape index (κ2) is 11.2. The van der Waals surface area contributed by atoms with Crippen LogP contribution in [0, 0.1) is 12.8 Å². The van der Waals surface area contributed by atoms with E-state index in [4.69, 9.17) is 16.0 Å². The zero-order valence-electron chi connectivity index (χ0n) is 20.5. The quantitative estimate of drug-likeness (QED) is 0.347. The van der Waals surface area contributed by atoms with Gasteiger partial charge in [-0.1, -0.05) is 55.3 Å². The van der Waals surface area contributed by atoms with Crippen LogP contribution in [0.4, 0.5) is 0 Å². The minimum Gasteiger partial charge on any atom is -0.459 e. The first-order chi connectivity index (χ1) is 16.4. The van der Waals surface area contributed by atoms with E-state index < -0.39 is 0 Å². The molecule has 1 fully saturated rings. The fourth-order valence-corrected chi connectivity index (χ4v) is 4.74. The van der Waals surface area contributed by atoms with Crippen LogP contribution in [-0.4, -0.2) is 41.4 Å². The molecule has 0 aliphatic carbocycles. The number of furan rings is 1. The lowest BCUT2D eigenvalue weighted by Crippen LogP contribution is -2.47. The van der Waals surface area contributed by atoms with E-state index in [9.17, 15) is 4.79 Å². The van der Waals surface area contributed by atoms with Crippen molar-refractivity contribution in [3.05, 3.63) is 82.6 Å². The summed E-state index contributed by atoms with van der Waals surface area (Å²) in [6.45, 7) is 10.2. The molecule has 0 saturated carbocycles. The highest BCUT2D eigenvalue weighted by molar-refractivity contribution is 6.30. The van der Waals surface area contributed by atoms with Crippen molar-refractivity contribution in [2.75, 3.05) is 19.6 Å². The van der Waals surface area contributed by atoms with E-state index in [0.717, 1.165) is 60.7 Å². The third-order valence-electron chi connectivity index (χ3n) is 6.68. The Bertz CT molecular complexity index is 1080. The van der Waals surface area contributed by atoms with Crippen LogP contribution >= 0.6 is 11.6 Å². The zero-order valence-corrected chi connectivity index (χ0v) is 21.2. The van der Waals surface area contributed by atoms with Crippen LogP contribution in [0.1, 0.15) is 54.8 Å². The van der Waals surface area contributed by atoms with E-state index in [-0.39, 0.29) is 11.9 Å². The minimum atomic E-state index is 0.0707. The number of carbonyl (C=O) groups excluding carboxylic acids is 1. The van der Waals surface area contributed by atoms with Crippen molar-refractivity contribution in [2.45, 2.75) is 52.6 Å². The average molecular weight is 479 g/mol. The Morgan fingerprint density at radius 3 is 2.50 bits per heavy atom. The van der Waals surface area contributed by atoms with Crippen molar-refractivity contribution in [3.8, 4) is 11.3 Å². The number of aryl methyl sites for hydroxylation is 1. The molecule has 0 bridgehead atoms. The first-order valence-electron chi connectivity index (χ1n) is 12.3. The van der Waals surface area contributed by atoms with Crippen molar-refractivity contribution >= 4 is 17.5 Å². The summed E-state index contributed by atoms with van der Waals surface area (Å²) >= 11 is 6.16. The molecule has 4 nitrogen and oxygen atoms in total. The van der Waals surface area contributed by atoms with Gasteiger partial charge in [0.15, 0.2) is 0 Å². The SMILES string of the molecule is Cc1ccc(C(=O)N(Cc2ccc(-c3cccc(Cl)c3)o2)C2CCN(CCC(C)C)CC2)cc1. The van der Waals surface area contributed by atoms with Gasteiger partial charge in [0.1, 0.15) is 11.5 Å². The first-order valence-corrected chi connectivity index (χ1v) is 12.7. The van der Waals surface area contributed by atoms with Crippen LogP contribution < -0.4 is 0 Å². The number of halogens is 1. The van der Waals surface area contributed by atoms with Crippen LogP contribution in [0.3, 0.4) is 0 Å². The third-order valence-corrected chi connectivity index (χ3v) is 6.91. The molecular weight excluding hydrogens is 444 g/mol. The predicted molar refractivity (Wildman–Crippen MR) is 139 cm³/mol. The number of hydrogen-bond donors (Lipinski definition) is 0. The number of hydrogen-bond acceptors (Lipinski definition) is 3. The standard InChI is InChI=1S/C29H35ClN2O2/c1-21(2)13-16-31-17-14-26(15-18-31)32(29(33)23-9-7-22(3)8-10-23)20-27-11-12-28(34-27)24-5-4-6-25(30)19-24/h4-12,19,21,26H,13-18,20H2,1-3H3. The molecule has 1 aliphatic rings. The zero-order chi connectivity index (χ0) is 24.1. The maximum Gasteiger partial charge on any atom is 0.254 e. The van der Waals surface area contributed by atoms with E-state index in [1.165, 1.54) is 6.42 Å². The first kappa shape index (κ1) is 24.6. The monoisotopic (exact) mass is 478 g/mol. The number of benzene rings is 2. The van der Waals surface area contributed by atoms with E-state index >= 15 is 0 Å². The Balaban J connectivity index is 1.51. The molecule has 0 radical (unpaired) electrons. The Hall–Kier alpha value is -2.56. The summed E-state index contributed by atoms with van der Waals surface area (Å²) in [5.74, 6) is 2.34. The lowest BCUT2D eigenvalue weighted by atomic mass is 10.0. The van der Waals surface area contributed by atoms with E-state index in [1.807, 2.05) is 72.5 Å². The van der Waals surface area contributed by atoms with Crippen LogP contribution in [0.15, 0.2) is 65.1 Å². The normalized spacial score (nSPS) is 15.1. The molecule has 1 saturated heterocycles. The van der Waals surface area contributed by atoms with Crippen molar-refractivity contribution < 1.29 is 9.21 Å². The third kappa shape index (κ3) is 6.31. The van der Waals surface area contributed by atoms with Crippen LogP contribution in [0.2, 0.25) is 5.02 Å². The molecule has 1 aliphatic heterocycles. The van der Waals surface area contributed by atoms with Gasteiger partial charge in [-0.25, -0.2) is 0 Å². The fourth-order valence-electron chi connectivity index (χ4n) is 4.55. The Morgan fingerprint density at radius 1 is 1.09 bits per heavy atom. The van der Waals surface area contributed by atoms with Gasteiger partial charge in [-0.3, -0.25) is 4.79 Å². The lowest BCUT2D eigenvalue weighted by Gasteiger charge is -2.38. The summed E-state index contributed by atoms with van der Waals surface area (Å²) in [6.07, 6.45) is 3.18. The van der Waals surface area contributed by atoms with E-state index in [0.29, 0.717) is 17.5 Å². The van der Waals surface area contributed by atoms with Gasteiger partial charge < -0.3 is 14.2 Å². The van der Waals surface area contributed by atoms with Crippen molar-refractivity contribution in [1.82, 2.24) is 9.80 Å². The molecule has 0 unspecified atom stereocenters. The minimum absolute atomic E-state index is 0.0707. The molecule has 34 heavy (non-hydrogen) atoms. The number of amides is 1. The van der Waals surface area contributed by atoms with Gasteiger partial charge in [-0.15, -0.1) is 0 Å². The Morgan fingerprint density at radius 2 is 1.82 bits per heavy atom. The van der Waals surface area contributed by atoms with Crippen molar-refractivity contribution in [3.63, 3.8) is 0 Å². The molecule has 1 aromatic heterocycles. The van der Waals surface area contributed by atoms with Gasteiger partial charge in [0.25, 0.3) is 5.91 Å². The molecule has 0 spiro atoms. The molecule has 3 aromatic rings. The molecule has 180 valence electrons. The summed E-state index contributed by atoms with van der Waals surface area (Å²) in [6, 6.07) is 19.7. The van der Waals surface area contributed by atoms with E-state index in [2.05, 4.69) is 18.7 Å². The fraction of sp³-hybridized carbons (Fsp3) is 0.414. The number of carbonyl (C=O) groups is 1. The van der Waals surface area contributed by atoms with Gasteiger partial charge in [0, 0.05) is 35.3 Å². The summed E-state index contributed by atoms with van der Waals surface area (Å²) in [7, 11) is 0. The highest BCUT2D eigenvalue weighted by Gasteiger charge is 2.29. The van der Waals surface area contributed by atoms with E-state index in [1.54, 1.807) is 0 Å². The molecule has 5 heteroatoms. The van der Waals surface area contributed by atoms with Gasteiger partial charge in [-0.05, 0) is 75.0 Å². The lowest BCUT2D eigenvalue weighted by molar-refractivity contribution is 0.0527. The summed E-state index contributed by atoms with van der Waals surface area (Å²) in [5, 5.41) is 0.677. The van der Waals surface area contributed by atoms with Gasteiger partial charge in [-0.2, -0.15) is 0 Å². The molecule has 2 aromatic carbocycles. The maximum absolute atomic E-state index is 13.6. The van der Waals surface area contributed by atoms with Crippen LogP contribution in [-0.2, 0) is 6.54 Å². The maximum atomic E-state index is 13.6. The number of nitrogens with zero attached hydrogens (tertiary/aromatic N) is 2. The molecule has 0 N–H and O–H groups in total. The highest BCUT2D eigenvalue weighted by Crippen LogP contribution is 2.27. The molecule has 0 atom stereocenters. The van der Waals surface area contributed by atoms with Crippen molar-refractivity contribution in [2.24, 2.45) is 5.92 Å². The van der Waals surface area contributed by atoms with Gasteiger partial charge in [0.05, 0.1) is 6.54 Å². The average Bonchev–Trinajstić information content (AvgIpc) is 3.30. The molecular formula is C29H35ClN2O2. The predicted octanol–water partition coefficient (Wildman–Crippen LogP) is 7.06. The number of likely N-dealkylation sites (tertiary alicyclic amines) is 1. The summed E-state index contributed by atoms with van der Waals surface area (Å²) < 4.78 is 6.17. The largest absolute Gasteiger partial charge is 0.459 e. The highest BCUT2D eigenvalue weighted by atomic mass is 35.5. The van der Waals surface area contributed by atoms with Crippen molar-refractivity contribution in [1.29, 1.82) is 0 Å². The number of piperidine rings is 1. The Kier molecular flexibility index (Phi) is 8.12. The van der Waals surface area contributed by atoms with Crippen LogP contribution in [0.5, 0.6) is 0 Å². The molecule has 2 heterocycles. The summed E-state index contributed by atoms with van der Waals surface area (Å²) in [4.78, 5) is 18.2. The van der Waals surface area contributed by atoms with Gasteiger partial charge in [0.2, 0.25) is 0 Å². The smallest absolute Gasteiger partial charge is 0.254 e. The van der Waals surface area contributed by atoms with Crippen LogP contribution in [0.25, 0.3) is 11.3 Å². The Labute approximate surface area is 208 Å². The molecule has 4 rings (SSSR count). The second-order valence-corrected chi connectivity index (χ2v) is 10.3. The number of rotatable bonds is 8. The summed E-state index contributed by atoms with van der Waals surface area (Å²) in [5.41, 5.74) is 2.82. The second-order valence-electron chi connectivity index (χ2n) is 9.83. The molecule has 1 amide bonds.